The van der Waals surface area contributed by atoms with Gasteiger partial charge in [0.1, 0.15) is 11.8 Å². The number of nitrogens with zero attached hydrogens (tertiary/aromatic N) is 1. The van der Waals surface area contributed by atoms with E-state index < -0.39 is 11.8 Å². The van der Waals surface area contributed by atoms with Gasteiger partial charge in [-0.05, 0) is 52.5 Å². The van der Waals surface area contributed by atoms with Crippen LogP contribution in [-0.4, -0.2) is 42.4 Å². The molecule has 18 heavy (non-hydrogen) atoms. The Kier molecular flexibility index (Phi) is 5.38. The van der Waals surface area contributed by atoms with Crippen molar-refractivity contribution >= 4 is 6.09 Å². The summed E-state index contributed by atoms with van der Waals surface area (Å²) in [6, 6.07) is 0. The molecule has 1 rings (SSSR count). The zero-order valence-corrected chi connectivity index (χ0v) is 11.6. The average Bonchev–Trinajstić information content (AvgIpc) is 2.27. The predicted molar refractivity (Wildman–Crippen MR) is 69.1 cm³/mol. The minimum absolute atomic E-state index is 0.0345. The van der Waals surface area contributed by atoms with E-state index in [-0.39, 0.29) is 12.0 Å². The van der Waals surface area contributed by atoms with Crippen molar-refractivity contribution < 1.29 is 13.9 Å². The fourth-order valence-electron chi connectivity index (χ4n) is 2.17. The molecule has 1 unspecified atom stereocenters. The number of carbonyl (C=O) groups is 1. The number of alkyl halides is 1. The van der Waals surface area contributed by atoms with E-state index in [1.807, 2.05) is 20.8 Å². The van der Waals surface area contributed by atoms with Crippen molar-refractivity contribution in [3.05, 3.63) is 0 Å². The molecule has 0 spiro atoms. The fraction of sp³-hybridized carbons (Fsp3) is 0.923. The summed E-state index contributed by atoms with van der Waals surface area (Å²) in [5, 5.41) is 0. The SMILES string of the molecule is CC(C)(C)OC(=O)N1CCC(C(F)CCN)CC1. The summed E-state index contributed by atoms with van der Waals surface area (Å²) in [4.78, 5) is 13.5. The number of amides is 1. The Bertz CT molecular complexity index is 271. The molecular weight excluding hydrogens is 235 g/mol. The van der Waals surface area contributed by atoms with Crippen molar-refractivity contribution in [2.75, 3.05) is 19.6 Å². The average molecular weight is 260 g/mol. The van der Waals surface area contributed by atoms with Gasteiger partial charge < -0.3 is 15.4 Å². The number of carbonyl (C=O) groups excluding carboxylic acids is 1. The van der Waals surface area contributed by atoms with E-state index in [1.54, 1.807) is 4.90 Å². The van der Waals surface area contributed by atoms with Crippen LogP contribution < -0.4 is 5.73 Å². The molecule has 5 heteroatoms. The summed E-state index contributed by atoms with van der Waals surface area (Å²) in [5.74, 6) is 0.0345. The second-order valence-corrected chi connectivity index (χ2v) is 5.90. The van der Waals surface area contributed by atoms with Crippen molar-refractivity contribution in [2.24, 2.45) is 11.7 Å². The molecule has 1 amide bonds. The number of rotatable bonds is 3. The van der Waals surface area contributed by atoms with E-state index in [2.05, 4.69) is 0 Å². The monoisotopic (exact) mass is 260 g/mol. The number of hydrogen-bond donors (Lipinski definition) is 1. The summed E-state index contributed by atoms with van der Waals surface area (Å²) in [6.45, 7) is 7.06. The van der Waals surface area contributed by atoms with Gasteiger partial charge >= 0.3 is 6.09 Å². The molecule has 2 N–H and O–H groups in total. The first-order valence-electron chi connectivity index (χ1n) is 6.65. The molecule has 1 heterocycles. The molecule has 106 valence electrons. The van der Waals surface area contributed by atoms with Gasteiger partial charge in [0.15, 0.2) is 0 Å². The summed E-state index contributed by atoms with van der Waals surface area (Å²) in [7, 11) is 0. The largest absolute Gasteiger partial charge is 0.444 e. The van der Waals surface area contributed by atoms with Crippen LogP contribution in [0.2, 0.25) is 0 Å². The first kappa shape index (κ1) is 15.2. The zero-order valence-electron chi connectivity index (χ0n) is 11.6. The molecular formula is C13H25FN2O2. The number of ether oxygens (including phenoxy) is 1. The maximum Gasteiger partial charge on any atom is 0.410 e. The van der Waals surface area contributed by atoms with Gasteiger partial charge in [-0.25, -0.2) is 9.18 Å². The predicted octanol–water partition coefficient (Wildman–Crippen LogP) is 2.32. The molecule has 0 saturated carbocycles. The standard InChI is InChI=1S/C13H25FN2O2/c1-13(2,3)18-12(17)16-8-5-10(6-9-16)11(14)4-7-15/h10-11H,4-9,15H2,1-3H3. The van der Waals surface area contributed by atoms with Crippen LogP contribution in [0.15, 0.2) is 0 Å². The molecule has 4 nitrogen and oxygen atoms in total. The first-order chi connectivity index (χ1) is 8.33. The molecule has 1 aliphatic rings. The Hall–Kier alpha value is -0.840. The van der Waals surface area contributed by atoms with Gasteiger partial charge in [-0.3, -0.25) is 0 Å². The Labute approximate surface area is 109 Å². The minimum Gasteiger partial charge on any atom is -0.444 e. The van der Waals surface area contributed by atoms with Gasteiger partial charge in [-0.1, -0.05) is 0 Å². The quantitative estimate of drug-likeness (QED) is 0.847. The Morgan fingerprint density at radius 3 is 2.44 bits per heavy atom. The highest BCUT2D eigenvalue weighted by molar-refractivity contribution is 5.68. The van der Waals surface area contributed by atoms with Crippen molar-refractivity contribution in [1.82, 2.24) is 4.90 Å². The van der Waals surface area contributed by atoms with Crippen LogP contribution in [0.4, 0.5) is 9.18 Å². The number of hydrogen-bond acceptors (Lipinski definition) is 3. The summed E-state index contributed by atoms with van der Waals surface area (Å²) < 4.78 is 19.0. The zero-order chi connectivity index (χ0) is 13.8. The highest BCUT2D eigenvalue weighted by Crippen LogP contribution is 2.25. The van der Waals surface area contributed by atoms with Gasteiger partial charge in [0.05, 0.1) is 0 Å². The number of likely N-dealkylation sites (tertiary alicyclic amines) is 1. The lowest BCUT2D eigenvalue weighted by Crippen LogP contribution is -2.43. The van der Waals surface area contributed by atoms with E-state index >= 15 is 0 Å². The van der Waals surface area contributed by atoms with Gasteiger partial charge in [0.2, 0.25) is 0 Å². The Morgan fingerprint density at radius 1 is 1.44 bits per heavy atom. The van der Waals surface area contributed by atoms with Gasteiger partial charge in [0, 0.05) is 13.1 Å². The molecule has 0 bridgehead atoms. The summed E-state index contributed by atoms with van der Waals surface area (Å²) in [6.07, 6.45) is 0.670. The van der Waals surface area contributed by atoms with Crippen LogP contribution in [0.3, 0.4) is 0 Å². The van der Waals surface area contributed by atoms with Crippen LogP contribution >= 0.6 is 0 Å². The molecule has 0 radical (unpaired) electrons. The lowest BCUT2D eigenvalue weighted by Gasteiger charge is -2.34. The molecule has 0 aromatic rings. The maximum absolute atomic E-state index is 13.7. The van der Waals surface area contributed by atoms with Crippen LogP contribution in [-0.2, 0) is 4.74 Å². The van der Waals surface area contributed by atoms with E-state index in [4.69, 9.17) is 10.5 Å². The van der Waals surface area contributed by atoms with Gasteiger partial charge in [-0.2, -0.15) is 0 Å². The van der Waals surface area contributed by atoms with Crippen LogP contribution in [0.1, 0.15) is 40.0 Å². The second kappa shape index (κ2) is 6.36. The highest BCUT2D eigenvalue weighted by Gasteiger charge is 2.30. The van der Waals surface area contributed by atoms with E-state index in [9.17, 15) is 9.18 Å². The third kappa shape index (κ3) is 4.80. The number of halogens is 1. The highest BCUT2D eigenvalue weighted by atomic mass is 19.1. The number of nitrogens with two attached hydrogens (primary N) is 1. The summed E-state index contributed by atoms with van der Waals surface area (Å²) >= 11 is 0. The van der Waals surface area contributed by atoms with E-state index in [1.165, 1.54) is 0 Å². The van der Waals surface area contributed by atoms with Crippen LogP contribution in [0.25, 0.3) is 0 Å². The Balaban J connectivity index is 2.37. The second-order valence-electron chi connectivity index (χ2n) is 5.90. The molecule has 0 aliphatic carbocycles. The maximum atomic E-state index is 13.7. The molecule has 1 saturated heterocycles. The lowest BCUT2D eigenvalue weighted by atomic mass is 9.91. The van der Waals surface area contributed by atoms with Crippen molar-refractivity contribution in [3.8, 4) is 0 Å². The molecule has 1 fully saturated rings. The summed E-state index contributed by atoms with van der Waals surface area (Å²) in [5.41, 5.74) is 4.88. The van der Waals surface area contributed by atoms with E-state index in [0.29, 0.717) is 38.9 Å². The van der Waals surface area contributed by atoms with E-state index in [0.717, 1.165) is 0 Å². The minimum atomic E-state index is -0.837. The van der Waals surface area contributed by atoms with Crippen molar-refractivity contribution in [2.45, 2.75) is 51.8 Å². The molecule has 0 aromatic carbocycles. The van der Waals surface area contributed by atoms with Gasteiger partial charge in [-0.15, -0.1) is 0 Å². The first-order valence-corrected chi connectivity index (χ1v) is 6.65. The van der Waals surface area contributed by atoms with Crippen molar-refractivity contribution in [3.63, 3.8) is 0 Å². The third-order valence-electron chi connectivity index (χ3n) is 3.15. The molecule has 1 atom stereocenters. The fourth-order valence-corrected chi connectivity index (χ4v) is 2.17. The lowest BCUT2D eigenvalue weighted by molar-refractivity contribution is 0.0142. The smallest absolute Gasteiger partial charge is 0.410 e. The van der Waals surface area contributed by atoms with Gasteiger partial charge in [0.25, 0.3) is 0 Å². The normalized spacial score (nSPS) is 19.7. The van der Waals surface area contributed by atoms with Crippen LogP contribution in [0, 0.1) is 5.92 Å². The third-order valence-corrected chi connectivity index (χ3v) is 3.15. The topological polar surface area (TPSA) is 55.6 Å². The molecule has 1 aliphatic heterocycles. The molecule has 0 aromatic heterocycles. The Morgan fingerprint density at radius 2 is 2.00 bits per heavy atom. The number of piperidine rings is 1. The van der Waals surface area contributed by atoms with Crippen molar-refractivity contribution in [1.29, 1.82) is 0 Å². The van der Waals surface area contributed by atoms with Crippen LogP contribution in [0.5, 0.6) is 0 Å².